The summed E-state index contributed by atoms with van der Waals surface area (Å²) in [6, 6.07) is 6.41. The van der Waals surface area contributed by atoms with Gasteiger partial charge in [-0.2, -0.15) is 0 Å². The van der Waals surface area contributed by atoms with E-state index in [1.807, 2.05) is 6.92 Å². The Hall–Kier alpha value is -2.19. The molecule has 4 rings (SSSR count). The van der Waals surface area contributed by atoms with Crippen molar-refractivity contribution in [3.8, 4) is 5.75 Å². The van der Waals surface area contributed by atoms with E-state index < -0.39 is 38.0 Å². The molecular formula is C22H22ClF2NO4S. The lowest BCUT2D eigenvalue weighted by Crippen LogP contribution is -2.64. The number of sulfone groups is 1. The van der Waals surface area contributed by atoms with Crippen LogP contribution in [0.3, 0.4) is 0 Å². The molecule has 0 saturated carbocycles. The summed E-state index contributed by atoms with van der Waals surface area (Å²) in [6.45, 7) is 2.02. The minimum atomic E-state index is -4.27. The second kappa shape index (κ2) is 8.06. The summed E-state index contributed by atoms with van der Waals surface area (Å²) in [7, 11) is -4.27. The Bertz CT molecular complexity index is 1120. The molecule has 0 aromatic heterocycles. The van der Waals surface area contributed by atoms with Crippen LogP contribution in [0, 0.1) is 11.6 Å². The highest BCUT2D eigenvalue weighted by atomic mass is 35.5. The lowest BCUT2D eigenvalue weighted by molar-refractivity contribution is -0.140. The van der Waals surface area contributed by atoms with Gasteiger partial charge < -0.3 is 9.64 Å². The number of rotatable bonds is 5. The molecule has 2 aromatic carbocycles. The SMILES string of the molecule is CCCCN1C(=O)CC[C@]2(S(=O)(=O)c3ccc(Cl)cc3)c3c(F)ccc(F)c3OC[C@H]12. The number of hydrogen-bond donors (Lipinski definition) is 0. The number of hydrogen-bond acceptors (Lipinski definition) is 4. The summed E-state index contributed by atoms with van der Waals surface area (Å²) in [5.41, 5.74) is -0.340. The molecule has 2 aromatic rings. The Morgan fingerprint density at radius 2 is 1.84 bits per heavy atom. The first-order chi connectivity index (χ1) is 14.7. The maximum atomic E-state index is 15.2. The molecule has 0 spiro atoms. The molecule has 31 heavy (non-hydrogen) atoms. The van der Waals surface area contributed by atoms with Gasteiger partial charge in [0.25, 0.3) is 0 Å². The van der Waals surface area contributed by atoms with Crippen molar-refractivity contribution in [2.75, 3.05) is 13.2 Å². The lowest BCUT2D eigenvalue weighted by Gasteiger charge is -2.51. The number of fused-ring (bicyclic) bond motifs is 3. The van der Waals surface area contributed by atoms with Crippen molar-refractivity contribution >= 4 is 27.3 Å². The van der Waals surface area contributed by atoms with E-state index in [1.165, 1.54) is 29.2 Å². The molecule has 0 unspecified atom stereocenters. The molecule has 2 heterocycles. The number of unbranched alkanes of at least 4 members (excludes halogenated alkanes) is 1. The summed E-state index contributed by atoms with van der Waals surface area (Å²) >= 11 is 5.93. The monoisotopic (exact) mass is 469 g/mol. The molecule has 2 atom stereocenters. The number of ether oxygens (including phenoxy) is 1. The van der Waals surface area contributed by atoms with E-state index in [0.29, 0.717) is 18.0 Å². The lowest BCUT2D eigenvalue weighted by atomic mass is 9.79. The van der Waals surface area contributed by atoms with E-state index in [9.17, 15) is 17.6 Å². The Kier molecular flexibility index (Phi) is 5.72. The molecule has 0 radical (unpaired) electrons. The molecule has 2 aliphatic heterocycles. The van der Waals surface area contributed by atoms with E-state index in [0.717, 1.165) is 18.6 Å². The third kappa shape index (κ3) is 3.31. The Morgan fingerprint density at radius 1 is 1.16 bits per heavy atom. The van der Waals surface area contributed by atoms with Gasteiger partial charge in [-0.3, -0.25) is 4.79 Å². The molecule has 9 heteroatoms. The van der Waals surface area contributed by atoms with Crippen LogP contribution in [0.5, 0.6) is 5.75 Å². The van der Waals surface area contributed by atoms with E-state index in [-0.39, 0.29) is 35.8 Å². The van der Waals surface area contributed by atoms with Crippen molar-refractivity contribution in [3.05, 3.63) is 58.6 Å². The highest BCUT2D eigenvalue weighted by molar-refractivity contribution is 7.92. The van der Waals surface area contributed by atoms with Gasteiger partial charge in [0.15, 0.2) is 21.4 Å². The van der Waals surface area contributed by atoms with E-state index in [2.05, 4.69) is 0 Å². The number of benzene rings is 2. The van der Waals surface area contributed by atoms with Crippen molar-refractivity contribution in [2.24, 2.45) is 0 Å². The third-order valence-electron chi connectivity index (χ3n) is 6.17. The Labute approximate surface area is 184 Å². The van der Waals surface area contributed by atoms with Crippen LogP contribution in [0.4, 0.5) is 8.78 Å². The van der Waals surface area contributed by atoms with Crippen LogP contribution in [-0.4, -0.2) is 38.4 Å². The normalized spacial score (nSPS) is 23.2. The van der Waals surface area contributed by atoms with E-state index in [1.54, 1.807) is 0 Å². The van der Waals surface area contributed by atoms with Gasteiger partial charge in [0.1, 0.15) is 17.2 Å². The van der Waals surface area contributed by atoms with E-state index in [4.69, 9.17) is 16.3 Å². The van der Waals surface area contributed by atoms with Crippen LogP contribution in [0.1, 0.15) is 38.2 Å². The summed E-state index contributed by atoms with van der Waals surface area (Å²) < 4.78 is 61.7. The molecule has 1 amide bonds. The average molecular weight is 470 g/mol. The van der Waals surface area contributed by atoms with Crippen LogP contribution >= 0.6 is 11.6 Å². The molecule has 1 fully saturated rings. The molecule has 0 aliphatic carbocycles. The summed E-state index contributed by atoms with van der Waals surface area (Å²) in [4.78, 5) is 14.2. The smallest absolute Gasteiger partial charge is 0.223 e. The minimum absolute atomic E-state index is 0.0665. The molecule has 166 valence electrons. The number of piperidine rings is 1. The van der Waals surface area contributed by atoms with Crippen molar-refractivity contribution in [1.29, 1.82) is 0 Å². The second-order valence-corrected chi connectivity index (χ2v) is 10.5. The van der Waals surface area contributed by atoms with Crippen LogP contribution in [-0.2, 0) is 19.4 Å². The first-order valence-electron chi connectivity index (χ1n) is 10.1. The molecule has 5 nitrogen and oxygen atoms in total. The third-order valence-corrected chi connectivity index (χ3v) is 8.95. The fourth-order valence-corrected chi connectivity index (χ4v) is 7.08. The van der Waals surface area contributed by atoms with Gasteiger partial charge in [0.2, 0.25) is 5.91 Å². The summed E-state index contributed by atoms with van der Waals surface area (Å²) in [5.74, 6) is -2.33. The minimum Gasteiger partial charge on any atom is -0.488 e. The van der Waals surface area contributed by atoms with Gasteiger partial charge in [0.05, 0.1) is 16.5 Å². The fraction of sp³-hybridized carbons (Fsp3) is 0.409. The van der Waals surface area contributed by atoms with Gasteiger partial charge in [-0.1, -0.05) is 24.9 Å². The molecule has 0 N–H and O–H groups in total. The Morgan fingerprint density at radius 3 is 2.52 bits per heavy atom. The topological polar surface area (TPSA) is 63.7 Å². The number of carbonyl (C=O) groups excluding carboxylic acids is 1. The quantitative estimate of drug-likeness (QED) is 0.648. The zero-order valence-corrected chi connectivity index (χ0v) is 18.5. The van der Waals surface area contributed by atoms with Crippen LogP contribution in [0.15, 0.2) is 41.3 Å². The molecule has 2 aliphatic rings. The standard InChI is InChI=1S/C22H22ClF2NO4S/c1-2-3-12-26-18-13-30-21-17(25)9-8-16(24)20(21)22(18,11-10-19(26)27)31(28,29)15-6-4-14(23)5-7-15/h4-9,18H,2-3,10-13H2,1H3/t18-,22+/m0/s1. The highest BCUT2D eigenvalue weighted by Gasteiger charge is 2.62. The first kappa shape index (κ1) is 22.0. The molecular weight excluding hydrogens is 448 g/mol. The number of carbonyl (C=O) groups is 1. The predicted molar refractivity (Wildman–Crippen MR) is 112 cm³/mol. The average Bonchev–Trinajstić information content (AvgIpc) is 2.75. The van der Waals surface area contributed by atoms with E-state index >= 15 is 4.39 Å². The predicted octanol–water partition coefficient (Wildman–Crippen LogP) is 4.47. The van der Waals surface area contributed by atoms with Crippen LogP contribution in [0.2, 0.25) is 5.02 Å². The summed E-state index contributed by atoms with van der Waals surface area (Å²) in [5, 5.41) is 0.348. The van der Waals surface area contributed by atoms with Gasteiger partial charge >= 0.3 is 0 Å². The molecule has 1 saturated heterocycles. The first-order valence-corrected chi connectivity index (χ1v) is 12.0. The highest BCUT2D eigenvalue weighted by Crippen LogP contribution is 2.53. The fourth-order valence-electron chi connectivity index (χ4n) is 4.66. The maximum Gasteiger partial charge on any atom is 0.223 e. The van der Waals surface area contributed by atoms with Gasteiger partial charge in [-0.05, 0) is 49.2 Å². The van der Waals surface area contributed by atoms with Crippen molar-refractivity contribution in [2.45, 2.75) is 48.3 Å². The zero-order valence-electron chi connectivity index (χ0n) is 16.9. The van der Waals surface area contributed by atoms with Crippen molar-refractivity contribution in [3.63, 3.8) is 0 Å². The zero-order chi connectivity index (χ0) is 22.4. The largest absolute Gasteiger partial charge is 0.488 e. The van der Waals surface area contributed by atoms with Crippen LogP contribution in [0.25, 0.3) is 0 Å². The number of halogens is 3. The van der Waals surface area contributed by atoms with Gasteiger partial charge in [0, 0.05) is 18.0 Å². The second-order valence-electron chi connectivity index (χ2n) is 7.85. The number of likely N-dealkylation sites (tertiary alicyclic amines) is 1. The molecule has 0 bridgehead atoms. The maximum absolute atomic E-state index is 15.2. The number of amides is 1. The Balaban J connectivity index is 2.00. The van der Waals surface area contributed by atoms with Crippen molar-refractivity contribution in [1.82, 2.24) is 4.90 Å². The van der Waals surface area contributed by atoms with Gasteiger partial charge in [-0.25, -0.2) is 17.2 Å². The van der Waals surface area contributed by atoms with Crippen molar-refractivity contribution < 1.29 is 26.7 Å². The summed E-state index contributed by atoms with van der Waals surface area (Å²) in [6.07, 6.45) is 1.18. The number of nitrogens with zero attached hydrogens (tertiary/aromatic N) is 1. The van der Waals surface area contributed by atoms with Gasteiger partial charge in [-0.15, -0.1) is 0 Å². The van der Waals surface area contributed by atoms with Crippen LogP contribution < -0.4 is 4.74 Å².